The van der Waals surface area contributed by atoms with Crippen LogP contribution >= 0.6 is 0 Å². The van der Waals surface area contributed by atoms with Gasteiger partial charge in [0.15, 0.2) is 0 Å². The number of aryl methyl sites for hydroxylation is 1. The molecule has 0 atom stereocenters. The van der Waals surface area contributed by atoms with Gasteiger partial charge in [-0.1, -0.05) is 24.3 Å². The van der Waals surface area contributed by atoms with Crippen LogP contribution in [0.2, 0.25) is 0 Å². The Labute approximate surface area is 146 Å². The molecule has 1 N–H and O–H groups in total. The monoisotopic (exact) mass is 359 g/mol. The lowest BCUT2D eigenvalue weighted by Gasteiger charge is -2.09. The maximum atomic E-state index is 13.0. The molecule has 0 radical (unpaired) electrons. The minimum absolute atomic E-state index is 0.192. The van der Waals surface area contributed by atoms with Gasteiger partial charge in [-0.2, -0.15) is 0 Å². The van der Waals surface area contributed by atoms with Gasteiger partial charge in [0.1, 0.15) is 5.82 Å². The third-order valence-corrected chi connectivity index (χ3v) is 5.22. The summed E-state index contributed by atoms with van der Waals surface area (Å²) in [6.45, 7) is 1.03. The molecular weight excluding hydrogens is 341 g/mol. The molecule has 1 aromatic heterocycles. The summed E-state index contributed by atoms with van der Waals surface area (Å²) in [5.74, 6) is -0.327. The van der Waals surface area contributed by atoms with Crippen molar-refractivity contribution >= 4 is 10.0 Å². The highest BCUT2D eigenvalue weighted by molar-refractivity contribution is 7.89. The van der Waals surface area contributed by atoms with Crippen molar-refractivity contribution < 1.29 is 12.8 Å². The van der Waals surface area contributed by atoms with E-state index in [0.29, 0.717) is 19.5 Å². The largest absolute Gasteiger partial charge is 0.337 e. The molecule has 0 fully saturated rings. The molecule has 1 heterocycles. The van der Waals surface area contributed by atoms with E-state index in [4.69, 9.17) is 0 Å². The summed E-state index contributed by atoms with van der Waals surface area (Å²) in [5.41, 5.74) is 1.49. The zero-order valence-corrected chi connectivity index (χ0v) is 14.3. The van der Waals surface area contributed by atoms with Gasteiger partial charge in [-0.05, 0) is 41.8 Å². The Morgan fingerprint density at radius 3 is 2.60 bits per heavy atom. The van der Waals surface area contributed by atoms with Crippen molar-refractivity contribution in [3.8, 4) is 11.1 Å². The average molecular weight is 359 g/mol. The predicted octanol–water partition coefficient (Wildman–Crippen LogP) is 3.06. The first-order valence-electron chi connectivity index (χ1n) is 7.86. The van der Waals surface area contributed by atoms with Crippen molar-refractivity contribution in [3.63, 3.8) is 0 Å². The van der Waals surface area contributed by atoms with E-state index in [1.54, 1.807) is 48.9 Å². The summed E-state index contributed by atoms with van der Waals surface area (Å²) >= 11 is 0. The second-order valence-electron chi connectivity index (χ2n) is 5.59. The molecule has 5 nitrogen and oxygen atoms in total. The predicted molar refractivity (Wildman–Crippen MR) is 93.9 cm³/mol. The van der Waals surface area contributed by atoms with Crippen molar-refractivity contribution in [2.24, 2.45) is 0 Å². The number of nitrogens with zero attached hydrogens (tertiary/aromatic N) is 2. The molecular formula is C18H18FN3O2S. The van der Waals surface area contributed by atoms with Gasteiger partial charge in [0, 0.05) is 25.5 Å². The fourth-order valence-electron chi connectivity index (χ4n) is 2.46. The van der Waals surface area contributed by atoms with Crippen LogP contribution < -0.4 is 4.72 Å². The Morgan fingerprint density at radius 1 is 1.08 bits per heavy atom. The molecule has 3 rings (SSSR count). The van der Waals surface area contributed by atoms with Crippen molar-refractivity contribution in [2.45, 2.75) is 17.9 Å². The number of imidazole rings is 1. The topological polar surface area (TPSA) is 64.0 Å². The standard InChI is InChI=1S/C18H18FN3O2S/c19-17-7-5-15(6-8-17)16-3-1-4-18(13-16)25(23,24)21-9-2-11-22-12-10-20-14-22/h1,3-8,10,12-14,21H,2,9,11H2. The lowest BCUT2D eigenvalue weighted by atomic mass is 10.1. The van der Waals surface area contributed by atoms with Crippen molar-refractivity contribution in [1.29, 1.82) is 0 Å². The highest BCUT2D eigenvalue weighted by atomic mass is 32.2. The van der Waals surface area contributed by atoms with Crippen LogP contribution in [0, 0.1) is 5.82 Å². The molecule has 2 aromatic carbocycles. The molecule has 25 heavy (non-hydrogen) atoms. The minimum Gasteiger partial charge on any atom is -0.337 e. The highest BCUT2D eigenvalue weighted by Gasteiger charge is 2.14. The van der Waals surface area contributed by atoms with E-state index in [0.717, 1.165) is 11.1 Å². The van der Waals surface area contributed by atoms with E-state index in [2.05, 4.69) is 9.71 Å². The van der Waals surface area contributed by atoms with E-state index in [1.165, 1.54) is 12.1 Å². The van der Waals surface area contributed by atoms with E-state index in [9.17, 15) is 12.8 Å². The van der Waals surface area contributed by atoms with Crippen molar-refractivity contribution in [2.75, 3.05) is 6.54 Å². The second-order valence-corrected chi connectivity index (χ2v) is 7.35. The molecule has 130 valence electrons. The first kappa shape index (κ1) is 17.3. The number of sulfonamides is 1. The second kappa shape index (κ2) is 7.58. The summed E-state index contributed by atoms with van der Waals surface area (Å²) < 4.78 is 42.4. The Balaban J connectivity index is 1.67. The quantitative estimate of drug-likeness (QED) is 0.660. The van der Waals surface area contributed by atoms with Crippen LogP contribution in [0.5, 0.6) is 0 Å². The summed E-state index contributed by atoms with van der Waals surface area (Å²) in [7, 11) is -3.59. The fraction of sp³-hybridized carbons (Fsp3) is 0.167. The molecule has 3 aromatic rings. The summed E-state index contributed by atoms with van der Waals surface area (Å²) in [6.07, 6.45) is 5.87. The summed E-state index contributed by atoms with van der Waals surface area (Å²) in [5, 5.41) is 0. The average Bonchev–Trinajstić information content (AvgIpc) is 3.13. The van der Waals surface area contributed by atoms with Crippen molar-refractivity contribution in [3.05, 3.63) is 73.1 Å². The molecule has 0 unspecified atom stereocenters. The zero-order chi connectivity index (χ0) is 17.7. The highest BCUT2D eigenvalue weighted by Crippen LogP contribution is 2.22. The normalized spacial score (nSPS) is 11.6. The van der Waals surface area contributed by atoms with Crippen LogP contribution in [-0.4, -0.2) is 24.5 Å². The number of benzene rings is 2. The third kappa shape index (κ3) is 4.52. The zero-order valence-electron chi connectivity index (χ0n) is 13.5. The summed E-state index contributed by atoms with van der Waals surface area (Å²) in [6, 6.07) is 12.6. The van der Waals surface area contributed by atoms with Gasteiger partial charge in [0.2, 0.25) is 10.0 Å². The Hall–Kier alpha value is -2.51. The minimum atomic E-state index is -3.59. The first-order valence-corrected chi connectivity index (χ1v) is 9.34. The Morgan fingerprint density at radius 2 is 1.88 bits per heavy atom. The van der Waals surface area contributed by atoms with Gasteiger partial charge in [0.05, 0.1) is 11.2 Å². The maximum Gasteiger partial charge on any atom is 0.240 e. The molecule has 0 aliphatic carbocycles. The van der Waals surface area contributed by atoms with Crippen LogP contribution in [0.25, 0.3) is 11.1 Å². The van der Waals surface area contributed by atoms with Gasteiger partial charge in [-0.3, -0.25) is 0 Å². The van der Waals surface area contributed by atoms with Gasteiger partial charge >= 0.3 is 0 Å². The van der Waals surface area contributed by atoms with Gasteiger partial charge < -0.3 is 4.57 Å². The number of rotatable bonds is 7. The molecule has 0 saturated heterocycles. The number of halogens is 1. The van der Waals surface area contributed by atoms with Crippen LogP contribution in [0.1, 0.15) is 6.42 Å². The van der Waals surface area contributed by atoms with Gasteiger partial charge in [-0.25, -0.2) is 22.5 Å². The number of nitrogens with one attached hydrogen (secondary N) is 1. The van der Waals surface area contributed by atoms with E-state index < -0.39 is 10.0 Å². The summed E-state index contributed by atoms with van der Waals surface area (Å²) in [4.78, 5) is 4.13. The van der Waals surface area contributed by atoms with Gasteiger partial charge in [0.25, 0.3) is 0 Å². The van der Waals surface area contributed by atoms with E-state index in [-0.39, 0.29) is 10.7 Å². The molecule has 0 bridgehead atoms. The smallest absolute Gasteiger partial charge is 0.240 e. The molecule has 0 spiro atoms. The first-order chi connectivity index (χ1) is 12.0. The SMILES string of the molecule is O=S(=O)(NCCCn1ccnc1)c1cccc(-c2ccc(F)cc2)c1. The fourth-order valence-corrected chi connectivity index (χ4v) is 3.58. The molecule has 0 amide bonds. The van der Waals surface area contributed by atoms with Crippen molar-refractivity contribution in [1.82, 2.24) is 14.3 Å². The Kier molecular flexibility index (Phi) is 5.25. The molecule has 7 heteroatoms. The van der Waals surface area contributed by atoms with Crippen LogP contribution in [0.3, 0.4) is 0 Å². The third-order valence-electron chi connectivity index (χ3n) is 3.77. The molecule has 0 aliphatic rings. The number of hydrogen-bond donors (Lipinski definition) is 1. The number of aromatic nitrogens is 2. The van der Waals surface area contributed by atoms with E-state index in [1.807, 2.05) is 10.8 Å². The maximum absolute atomic E-state index is 13.0. The van der Waals surface area contributed by atoms with E-state index >= 15 is 0 Å². The lowest BCUT2D eigenvalue weighted by molar-refractivity contribution is 0.570. The molecule has 0 aliphatic heterocycles. The number of hydrogen-bond acceptors (Lipinski definition) is 3. The van der Waals surface area contributed by atoms with Crippen LogP contribution in [0.15, 0.2) is 72.1 Å². The molecule has 0 saturated carbocycles. The van der Waals surface area contributed by atoms with Gasteiger partial charge in [-0.15, -0.1) is 0 Å². The lowest BCUT2D eigenvalue weighted by Crippen LogP contribution is -2.25. The van der Waals surface area contributed by atoms with Crippen LogP contribution in [0.4, 0.5) is 4.39 Å². The Bertz CT molecular complexity index is 923. The van der Waals surface area contributed by atoms with Crippen LogP contribution in [-0.2, 0) is 16.6 Å².